The van der Waals surface area contributed by atoms with E-state index in [1.165, 1.54) is 0 Å². The van der Waals surface area contributed by atoms with Crippen LogP contribution in [-0.2, 0) is 4.79 Å². The first-order chi connectivity index (χ1) is 7.06. The summed E-state index contributed by atoms with van der Waals surface area (Å²) in [7, 11) is 0. The molecule has 0 aromatic rings. The molecule has 1 heterocycles. The predicted octanol–water partition coefficient (Wildman–Crippen LogP) is 0.310. The molecule has 1 amide bonds. The molecule has 0 aromatic carbocycles. The molecule has 3 atom stereocenters. The molecule has 1 aliphatic heterocycles. The number of carbonyl (C=O) groups is 1. The third-order valence-electron chi connectivity index (χ3n) is 3.48. The summed E-state index contributed by atoms with van der Waals surface area (Å²) in [6, 6.07) is 0.995. The second-order valence-corrected chi connectivity index (χ2v) is 4.65. The van der Waals surface area contributed by atoms with Crippen LogP contribution in [0.15, 0.2) is 0 Å². The predicted molar refractivity (Wildman–Crippen MR) is 61.2 cm³/mol. The van der Waals surface area contributed by atoms with Gasteiger partial charge in [0, 0.05) is 18.6 Å². The van der Waals surface area contributed by atoms with Gasteiger partial charge in [-0.25, -0.2) is 0 Å². The Balaban J connectivity index is 2.56. The van der Waals surface area contributed by atoms with E-state index in [1.54, 1.807) is 0 Å². The molecule has 0 saturated carbocycles. The number of primary amides is 1. The Kier molecular flexibility index (Phi) is 4.54. The summed E-state index contributed by atoms with van der Waals surface area (Å²) in [5.41, 5.74) is 10.9. The Labute approximate surface area is 92.0 Å². The maximum absolute atomic E-state index is 11.2. The second-order valence-electron chi connectivity index (χ2n) is 4.65. The van der Waals surface area contributed by atoms with E-state index in [9.17, 15) is 4.79 Å². The molecule has 88 valence electrons. The largest absolute Gasteiger partial charge is 0.369 e. The van der Waals surface area contributed by atoms with Crippen LogP contribution in [-0.4, -0.2) is 36.0 Å². The Morgan fingerprint density at radius 1 is 1.53 bits per heavy atom. The van der Waals surface area contributed by atoms with Gasteiger partial charge in [0.15, 0.2) is 0 Å². The van der Waals surface area contributed by atoms with Crippen LogP contribution in [0.25, 0.3) is 0 Å². The normalized spacial score (nSPS) is 30.1. The molecule has 0 aliphatic carbocycles. The van der Waals surface area contributed by atoms with Gasteiger partial charge in [-0.05, 0) is 39.7 Å². The summed E-state index contributed by atoms with van der Waals surface area (Å²) in [5.74, 6) is -0.131. The lowest BCUT2D eigenvalue weighted by atomic mass is 9.91. The molecule has 4 nitrogen and oxygen atoms in total. The molecule has 0 bridgehead atoms. The zero-order valence-electron chi connectivity index (χ0n) is 9.78. The van der Waals surface area contributed by atoms with Crippen LogP contribution in [0.1, 0.15) is 33.1 Å². The van der Waals surface area contributed by atoms with Crippen molar-refractivity contribution < 1.29 is 4.79 Å². The van der Waals surface area contributed by atoms with Gasteiger partial charge in [-0.2, -0.15) is 0 Å². The smallest absolute Gasteiger partial charge is 0.221 e. The monoisotopic (exact) mass is 213 g/mol. The molecule has 0 spiro atoms. The lowest BCUT2D eigenvalue weighted by molar-refractivity contribution is -0.124. The van der Waals surface area contributed by atoms with Crippen LogP contribution >= 0.6 is 0 Å². The number of rotatable bonds is 4. The van der Waals surface area contributed by atoms with Gasteiger partial charge in [-0.15, -0.1) is 0 Å². The first kappa shape index (κ1) is 12.5. The molecule has 1 fully saturated rings. The van der Waals surface area contributed by atoms with E-state index in [0.29, 0.717) is 18.6 Å². The topological polar surface area (TPSA) is 72.3 Å². The Bertz CT molecular complexity index is 220. The Hall–Kier alpha value is -0.610. The number of hydrogen-bond acceptors (Lipinski definition) is 3. The molecule has 4 N–H and O–H groups in total. The van der Waals surface area contributed by atoms with E-state index >= 15 is 0 Å². The highest BCUT2D eigenvalue weighted by molar-refractivity contribution is 5.76. The second kappa shape index (κ2) is 5.47. The molecule has 1 rings (SSSR count). The van der Waals surface area contributed by atoms with Crippen molar-refractivity contribution in [2.45, 2.75) is 45.2 Å². The Morgan fingerprint density at radius 2 is 2.20 bits per heavy atom. The number of amides is 1. The number of piperidine rings is 1. The minimum Gasteiger partial charge on any atom is -0.369 e. The fourth-order valence-electron chi connectivity index (χ4n) is 2.39. The van der Waals surface area contributed by atoms with Gasteiger partial charge >= 0.3 is 0 Å². The number of likely N-dealkylation sites (tertiary alicyclic amines) is 1. The van der Waals surface area contributed by atoms with Crippen LogP contribution in [0.2, 0.25) is 0 Å². The SMILES string of the molecule is CC(CCN)N1CC(C(N)=O)CCC1C. The van der Waals surface area contributed by atoms with Gasteiger partial charge in [0.2, 0.25) is 5.91 Å². The first-order valence-corrected chi connectivity index (χ1v) is 5.81. The van der Waals surface area contributed by atoms with Crippen LogP contribution < -0.4 is 11.5 Å². The summed E-state index contributed by atoms with van der Waals surface area (Å²) >= 11 is 0. The van der Waals surface area contributed by atoms with Crippen molar-refractivity contribution in [3.8, 4) is 0 Å². The van der Waals surface area contributed by atoms with Crippen molar-refractivity contribution in [2.24, 2.45) is 17.4 Å². The average Bonchev–Trinajstić information content (AvgIpc) is 2.18. The molecule has 0 radical (unpaired) electrons. The Morgan fingerprint density at radius 3 is 2.73 bits per heavy atom. The summed E-state index contributed by atoms with van der Waals surface area (Å²) in [4.78, 5) is 13.5. The molecule has 0 aromatic heterocycles. The lowest BCUT2D eigenvalue weighted by Gasteiger charge is -2.40. The number of carbonyl (C=O) groups excluding carboxylic acids is 1. The highest BCUT2D eigenvalue weighted by atomic mass is 16.1. The van der Waals surface area contributed by atoms with Gasteiger partial charge in [-0.3, -0.25) is 9.69 Å². The number of hydrogen-bond donors (Lipinski definition) is 2. The fourth-order valence-corrected chi connectivity index (χ4v) is 2.39. The van der Waals surface area contributed by atoms with Gasteiger partial charge < -0.3 is 11.5 Å². The average molecular weight is 213 g/mol. The molecule has 15 heavy (non-hydrogen) atoms. The van der Waals surface area contributed by atoms with E-state index in [2.05, 4.69) is 18.7 Å². The van der Waals surface area contributed by atoms with Gasteiger partial charge in [-0.1, -0.05) is 0 Å². The van der Waals surface area contributed by atoms with Crippen LogP contribution in [0.5, 0.6) is 0 Å². The van der Waals surface area contributed by atoms with Crippen molar-refractivity contribution in [1.82, 2.24) is 4.90 Å². The standard InChI is InChI=1S/C11H23N3O/c1-8-3-4-10(11(13)15)7-14(8)9(2)5-6-12/h8-10H,3-7,12H2,1-2H3,(H2,13,15). The summed E-state index contributed by atoms with van der Waals surface area (Å²) in [6.07, 6.45) is 2.97. The zero-order chi connectivity index (χ0) is 11.4. The van der Waals surface area contributed by atoms with Crippen molar-refractivity contribution in [3.63, 3.8) is 0 Å². The molecular formula is C11H23N3O. The van der Waals surface area contributed by atoms with E-state index in [4.69, 9.17) is 11.5 Å². The minimum absolute atomic E-state index is 0.0291. The fraction of sp³-hybridized carbons (Fsp3) is 0.909. The zero-order valence-corrected chi connectivity index (χ0v) is 9.78. The maximum atomic E-state index is 11.2. The third kappa shape index (κ3) is 3.18. The molecule has 4 heteroatoms. The van der Waals surface area contributed by atoms with Crippen LogP contribution in [0.3, 0.4) is 0 Å². The van der Waals surface area contributed by atoms with E-state index < -0.39 is 0 Å². The highest BCUT2D eigenvalue weighted by Crippen LogP contribution is 2.24. The summed E-state index contributed by atoms with van der Waals surface area (Å²) < 4.78 is 0. The van der Waals surface area contributed by atoms with Gasteiger partial charge in [0.05, 0.1) is 5.92 Å². The molecule has 1 aliphatic rings. The van der Waals surface area contributed by atoms with Gasteiger partial charge in [0.25, 0.3) is 0 Å². The summed E-state index contributed by atoms with van der Waals surface area (Å²) in [6.45, 7) is 5.89. The number of nitrogens with zero attached hydrogens (tertiary/aromatic N) is 1. The lowest BCUT2D eigenvalue weighted by Crippen LogP contribution is -2.50. The molecular weight excluding hydrogens is 190 g/mol. The van der Waals surface area contributed by atoms with E-state index in [1.807, 2.05) is 0 Å². The van der Waals surface area contributed by atoms with Crippen molar-refractivity contribution >= 4 is 5.91 Å². The summed E-state index contributed by atoms with van der Waals surface area (Å²) in [5, 5.41) is 0. The first-order valence-electron chi connectivity index (χ1n) is 5.81. The maximum Gasteiger partial charge on any atom is 0.221 e. The van der Waals surface area contributed by atoms with Crippen LogP contribution in [0.4, 0.5) is 0 Å². The van der Waals surface area contributed by atoms with Crippen molar-refractivity contribution in [1.29, 1.82) is 0 Å². The minimum atomic E-state index is -0.160. The third-order valence-corrected chi connectivity index (χ3v) is 3.48. The van der Waals surface area contributed by atoms with Crippen molar-refractivity contribution in [3.05, 3.63) is 0 Å². The van der Waals surface area contributed by atoms with E-state index in [-0.39, 0.29) is 11.8 Å². The molecule has 3 unspecified atom stereocenters. The quantitative estimate of drug-likeness (QED) is 0.706. The highest BCUT2D eigenvalue weighted by Gasteiger charge is 2.30. The molecule has 1 saturated heterocycles. The van der Waals surface area contributed by atoms with E-state index in [0.717, 1.165) is 25.8 Å². The van der Waals surface area contributed by atoms with Crippen LogP contribution in [0, 0.1) is 5.92 Å². The van der Waals surface area contributed by atoms with Gasteiger partial charge in [0.1, 0.15) is 0 Å². The number of nitrogens with two attached hydrogens (primary N) is 2. The van der Waals surface area contributed by atoms with Crippen molar-refractivity contribution in [2.75, 3.05) is 13.1 Å².